The van der Waals surface area contributed by atoms with Crippen LogP contribution < -0.4 is 0 Å². The average Bonchev–Trinajstić information content (AvgIpc) is 2.57. The van der Waals surface area contributed by atoms with Gasteiger partial charge in [0.05, 0.1) is 6.10 Å². The third-order valence-corrected chi connectivity index (χ3v) is 4.40. The standard InChI is InChI=1S/C15H13F9O/c1-2-8-4-3-5-9(6-8)10(25)7-11(16)12(17,18)14(21,22)15(23,24)13(11,19)20/h3-6,10,25H,2,7H2,1H3. The average molecular weight is 380 g/mol. The molecule has 1 atom stereocenters. The van der Waals surface area contributed by atoms with Crippen molar-refractivity contribution in [3.05, 3.63) is 35.4 Å². The largest absolute Gasteiger partial charge is 0.388 e. The first-order valence-electron chi connectivity index (χ1n) is 7.14. The SMILES string of the molecule is CCc1cccc(C(O)CC2(F)C(F)(F)C(F)(F)C(F)(F)C2(F)F)c1. The Balaban J connectivity index is 2.49. The maximum absolute atomic E-state index is 14.4. The van der Waals surface area contributed by atoms with Crippen LogP contribution in [0, 0.1) is 0 Å². The predicted octanol–water partition coefficient (Wildman–Crippen LogP) is 4.94. The molecule has 2 rings (SSSR count). The van der Waals surface area contributed by atoms with Crippen molar-refractivity contribution >= 4 is 0 Å². The first-order valence-corrected chi connectivity index (χ1v) is 7.14. The third kappa shape index (κ3) is 2.29. The first-order chi connectivity index (χ1) is 11.2. The van der Waals surface area contributed by atoms with Gasteiger partial charge >= 0.3 is 23.7 Å². The van der Waals surface area contributed by atoms with E-state index in [1.165, 1.54) is 12.1 Å². The van der Waals surface area contributed by atoms with Gasteiger partial charge < -0.3 is 5.11 Å². The number of halogens is 9. The molecule has 1 fully saturated rings. The van der Waals surface area contributed by atoms with Crippen LogP contribution in [0.5, 0.6) is 0 Å². The fraction of sp³-hybridized carbons (Fsp3) is 0.600. The van der Waals surface area contributed by atoms with Gasteiger partial charge in [0, 0.05) is 6.42 Å². The van der Waals surface area contributed by atoms with Crippen molar-refractivity contribution in [1.29, 1.82) is 0 Å². The summed E-state index contributed by atoms with van der Waals surface area (Å²) in [7, 11) is 0. The molecule has 0 spiro atoms. The lowest BCUT2D eigenvalue weighted by atomic mass is 9.87. The molecule has 0 amide bonds. The Morgan fingerprint density at radius 2 is 1.32 bits per heavy atom. The first kappa shape index (κ1) is 19.9. The van der Waals surface area contributed by atoms with E-state index < -0.39 is 41.9 Å². The van der Waals surface area contributed by atoms with E-state index in [0.717, 1.165) is 12.1 Å². The summed E-state index contributed by atoms with van der Waals surface area (Å²) < 4.78 is 121. The maximum atomic E-state index is 14.4. The van der Waals surface area contributed by atoms with E-state index in [1.807, 2.05) is 0 Å². The summed E-state index contributed by atoms with van der Waals surface area (Å²) in [5.41, 5.74) is -5.47. The molecule has 1 N–H and O–H groups in total. The second kappa shape index (κ2) is 5.52. The molecule has 1 saturated carbocycles. The number of rotatable bonds is 4. The number of hydrogen-bond donors (Lipinski definition) is 1. The topological polar surface area (TPSA) is 20.2 Å². The van der Waals surface area contributed by atoms with Crippen LogP contribution in [0.15, 0.2) is 24.3 Å². The number of hydrogen-bond acceptors (Lipinski definition) is 1. The molecule has 1 aromatic rings. The Kier molecular flexibility index (Phi) is 4.39. The summed E-state index contributed by atoms with van der Waals surface area (Å²) in [6.07, 6.45) is -4.37. The van der Waals surface area contributed by atoms with E-state index in [0.29, 0.717) is 12.0 Å². The Bertz CT molecular complexity index is 630. The highest BCUT2D eigenvalue weighted by Crippen LogP contribution is 2.70. The molecule has 0 saturated heterocycles. The van der Waals surface area contributed by atoms with Gasteiger partial charge in [-0.1, -0.05) is 31.2 Å². The Morgan fingerprint density at radius 3 is 1.76 bits per heavy atom. The zero-order valence-corrected chi connectivity index (χ0v) is 12.6. The summed E-state index contributed by atoms with van der Waals surface area (Å²) in [6, 6.07) is 5.00. The number of aliphatic hydroxyl groups is 1. The van der Waals surface area contributed by atoms with Crippen LogP contribution in [-0.2, 0) is 6.42 Å². The predicted molar refractivity (Wildman–Crippen MR) is 69.0 cm³/mol. The molecule has 1 nitrogen and oxygen atoms in total. The van der Waals surface area contributed by atoms with Gasteiger partial charge in [0.1, 0.15) is 0 Å². The summed E-state index contributed by atoms with van der Waals surface area (Å²) >= 11 is 0. The normalized spacial score (nSPS) is 26.4. The zero-order chi connectivity index (χ0) is 19.5. The van der Waals surface area contributed by atoms with Crippen molar-refractivity contribution in [2.45, 2.75) is 55.2 Å². The molecule has 0 bridgehead atoms. The lowest BCUT2D eigenvalue weighted by Crippen LogP contribution is -2.55. The lowest BCUT2D eigenvalue weighted by Gasteiger charge is -2.32. The summed E-state index contributed by atoms with van der Waals surface area (Å²) in [6.45, 7) is 1.66. The Hall–Kier alpha value is -1.45. The van der Waals surface area contributed by atoms with Crippen molar-refractivity contribution in [3.8, 4) is 0 Å². The van der Waals surface area contributed by atoms with E-state index in [-0.39, 0.29) is 5.56 Å². The van der Waals surface area contributed by atoms with Crippen molar-refractivity contribution in [2.75, 3.05) is 0 Å². The number of benzene rings is 1. The van der Waals surface area contributed by atoms with Crippen LogP contribution in [0.4, 0.5) is 39.5 Å². The van der Waals surface area contributed by atoms with E-state index in [1.54, 1.807) is 6.92 Å². The molecule has 25 heavy (non-hydrogen) atoms. The lowest BCUT2D eigenvalue weighted by molar-refractivity contribution is -0.303. The van der Waals surface area contributed by atoms with Crippen LogP contribution in [0.1, 0.15) is 30.6 Å². The molecule has 1 aliphatic rings. The Morgan fingerprint density at radius 1 is 0.840 bits per heavy atom. The minimum absolute atomic E-state index is 0.332. The molecular formula is C15H13F9O. The van der Waals surface area contributed by atoms with Crippen molar-refractivity contribution in [2.24, 2.45) is 0 Å². The fourth-order valence-electron chi connectivity index (χ4n) is 2.75. The molecule has 10 heteroatoms. The van der Waals surface area contributed by atoms with Gasteiger partial charge in [0.2, 0.25) is 0 Å². The molecule has 142 valence electrons. The maximum Gasteiger partial charge on any atom is 0.381 e. The van der Waals surface area contributed by atoms with Crippen LogP contribution in [0.3, 0.4) is 0 Å². The number of aliphatic hydroxyl groups excluding tert-OH is 1. The minimum Gasteiger partial charge on any atom is -0.388 e. The monoisotopic (exact) mass is 380 g/mol. The van der Waals surface area contributed by atoms with Crippen molar-refractivity contribution in [3.63, 3.8) is 0 Å². The quantitative estimate of drug-likeness (QED) is 0.734. The molecule has 1 aromatic carbocycles. The molecule has 0 radical (unpaired) electrons. The third-order valence-electron chi connectivity index (χ3n) is 4.40. The van der Waals surface area contributed by atoms with Gasteiger partial charge in [0.25, 0.3) is 5.67 Å². The van der Waals surface area contributed by atoms with E-state index in [2.05, 4.69) is 0 Å². The number of alkyl halides is 9. The van der Waals surface area contributed by atoms with Crippen molar-refractivity contribution < 1.29 is 44.6 Å². The molecule has 0 heterocycles. The second-order valence-electron chi connectivity index (χ2n) is 5.92. The zero-order valence-electron chi connectivity index (χ0n) is 12.6. The second-order valence-corrected chi connectivity index (χ2v) is 5.92. The molecular weight excluding hydrogens is 367 g/mol. The highest BCUT2D eigenvalue weighted by molar-refractivity contribution is 5.30. The van der Waals surface area contributed by atoms with Crippen LogP contribution in [0.25, 0.3) is 0 Å². The fourth-order valence-corrected chi connectivity index (χ4v) is 2.75. The number of aryl methyl sites for hydroxylation is 1. The minimum atomic E-state index is -6.62. The van der Waals surface area contributed by atoms with Gasteiger partial charge in [-0.25, -0.2) is 4.39 Å². The highest BCUT2D eigenvalue weighted by Gasteiger charge is 3.00. The van der Waals surface area contributed by atoms with Gasteiger partial charge in [-0.3, -0.25) is 0 Å². The van der Waals surface area contributed by atoms with Crippen LogP contribution in [0.2, 0.25) is 0 Å². The summed E-state index contributed by atoms with van der Waals surface area (Å²) in [5, 5.41) is 9.77. The van der Waals surface area contributed by atoms with Gasteiger partial charge in [-0.15, -0.1) is 0 Å². The van der Waals surface area contributed by atoms with Crippen LogP contribution >= 0.6 is 0 Å². The summed E-state index contributed by atoms with van der Waals surface area (Å²) in [5.74, 6) is -26.0. The van der Waals surface area contributed by atoms with E-state index >= 15 is 0 Å². The van der Waals surface area contributed by atoms with Gasteiger partial charge in [-0.2, -0.15) is 35.1 Å². The van der Waals surface area contributed by atoms with E-state index in [4.69, 9.17) is 0 Å². The van der Waals surface area contributed by atoms with E-state index in [9.17, 15) is 44.6 Å². The smallest absolute Gasteiger partial charge is 0.381 e. The molecule has 1 unspecified atom stereocenters. The Labute approximate surface area is 136 Å². The molecule has 0 aliphatic heterocycles. The molecule has 0 aromatic heterocycles. The molecule has 1 aliphatic carbocycles. The highest BCUT2D eigenvalue weighted by atomic mass is 19.4. The van der Waals surface area contributed by atoms with Crippen LogP contribution in [-0.4, -0.2) is 34.5 Å². The van der Waals surface area contributed by atoms with Gasteiger partial charge in [-0.05, 0) is 17.5 Å². The van der Waals surface area contributed by atoms with Gasteiger partial charge in [0.15, 0.2) is 0 Å². The summed E-state index contributed by atoms with van der Waals surface area (Å²) in [4.78, 5) is 0. The van der Waals surface area contributed by atoms with Crippen molar-refractivity contribution in [1.82, 2.24) is 0 Å².